The second-order valence-corrected chi connectivity index (χ2v) is 7.59. The van der Waals surface area contributed by atoms with Crippen molar-refractivity contribution >= 4 is 34.0 Å². The Bertz CT molecular complexity index is 1120. The van der Waals surface area contributed by atoms with Crippen molar-refractivity contribution in [3.63, 3.8) is 0 Å². The lowest BCUT2D eigenvalue weighted by Gasteiger charge is -2.19. The number of benzene rings is 2. The van der Waals surface area contributed by atoms with E-state index in [9.17, 15) is 18.4 Å². The molecule has 0 spiro atoms. The third kappa shape index (κ3) is 3.88. The first-order valence-corrected chi connectivity index (χ1v) is 9.99. The van der Waals surface area contributed by atoms with Gasteiger partial charge < -0.3 is 15.0 Å². The smallest absolute Gasteiger partial charge is 0.231 e. The summed E-state index contributed by atoms with van der Waals surface area (Å²) in [6, 6.07) is 10.2. The molecular weight excluding hydrogens is 412 g/mol. The molecule has 154 valence electrons. The van der Waals surface area contributed by atoms with Gasteiger partial charge in [-0.2, -0.15) is 0 Å². The summed E-state index contributed by atoms with van der Waals surface area (Å²) in [6.07, 6.45) is 0.0562. The summed E-state index contributed by atoms with van der Waals surface area (Å²) < 4.78 is 32.7. The minimum absolute atomic E-state index is 0.0186. The number of nitrogens with zero attached hydrogens (tertiary/aromatic N) is 2. The van der Waals surface area contributed by atoms with Gasteiger partial charge in [-0.05, 0) is 30.3 Å². The SMILES string of the molecule is COc1ccccc1N1CC(C(=O)Nc2nc(-c3cc(F)ccc3F)cs2)CC1=O. The van der Waals surface area contributed by atoms with Crippen molar-refractivity contribution < 1.29 is 23.1 Å². The number of aromatic nitrogens is 1. The van der Waals surface area contributed by atoms with Crippen molar-refractivity contribution in [1.82, 2.24) is 4.98 Å². The van der Waals surface area contributed by atoms with Gasteiger partial charge in [0, 0.05) is 23.9 Å². The summed E-state index contributed by atoms with van der Waals surface area (Å²) in [4.78, 5) is 30.8. The summed E-state index contributed by atoms with van der Waals surface area (Å²) in [7, 11) is 1.52. The number of hydrogen-bond acceptors (Lipinski definition) is 5. The van der Waals surface area contributed by atoms with Crippen LogP contribution in [0.1, 0.15) is 6.42 Å². The molecule has 1 atom stereocenters. The highest BCUT2D eigenvalue weighted by molar-refractivity contribution is 7.14. The van der Waals surface area contributed by atoms with Gasteiger partial charge in [-0.1, -0.05) is 12.1 Å². The molecule has 1 aliphatic rings. The molecule has 0 aliphatic carbocycles. The normalized spacial score (nSPS) is 16.0. The van der Waals surface area contributed by atoms with Crippen LogP contribution >= 0.6 is 11.3 Å². The van der Waals surface area contributed by atoms with Crippen molar-refractivity contribution in [2.45, 2.75) is 6.42 Å². The van der Waals surface area contributed by atoms with E-state index in [-0.39, 0.29) is 41.2 Å². The number of halogens is 2. The Kier molecular flexibility index (Phi) is 5.45. The van der Waals surface area contributed by atoms with Crippen molar-refractivity contribution in [3.05, 3.63) is 59.5 Å². The van der Waals surface area contributed by atoms with Crippen LogP contribution in [0.4, 0.5) is 19.6 Å². The molecule has 1 aromatic heterocycles. The van der Waals surface area contributed by atoms with E-state index in [1.807, 2.05) is 0 Å². The first-order chi connectivity index (χ1) is 14.5. The van der Waals surface area contributed by atoms with E-state index in [4.69, 9.17) is 4.74 Å². The molecule has 2 amide bonds. The Morgan fingerprint density at radius 1 is 1.27 bits per heavy atom. The summed E-state index contributed by atoms with van der Waals surface area (Å²) in [6.45, 7) is 0.210. The summed E-state index contributed by atoms with van der Waals surface area (Å²) in [5.41, 5.74) is 0.856. The van der Waals surface area contributed by atoms with Crippen LogP contribution in [0.25, 0.3) is 11.3 Å². The maximum absolute atomic E-state index is 13.9. The van der Waals surface area contributed by atoms with Gasteiger partial charge in [0.25, 0.3) is 0 Å². The number of ether oxygens (including phenoxy) is 1. The summed E-state index contributed by atoms with van der Waals surface area (Å²) in [5.74, 6) is -1.74. The zero-order valence-corrected chi connectivity index (χ0v) is 16.7. The van der Waals surface area contributed by atoms with Gasteiger partial charge in [0.1, 0.15) is 17.4 Å². The molecule has 0 bridgehead atoms. The fourth-order valence-corrected chi connectivity index (χ4v) is 4.04. The van der Waals surface area contributed by atoms with Crippen molar-refractivity contribution in [2.75, 3.05) is 23.9 Å². The van der Waals surface area contributed by atoms with Crippen molar-refractivity contribution in [2.24, 2.45) is 5.92 Å². The van der Waals surface area contributed by atoms with Gasteiger partial charge in [-0.15, -0.1) is 11.3 Å². The molecule has 2 heterocycles. The van der Waals surface area contributed by atoms with Crippen LogP contribution in [0.15, 0.2) is 47.8 Å². The first kappa shape index (κ1) is 20.0. The summed E-state index contributed by atoms with van der Waals surface area (Å²) in [5, 5.41) is 4.46. The molecule has 1 saturated heterocycles. The Labute approximate surface area is 175 Å². The second-order valence-electron chi connectivity index (χ2n) is 6.73. The van der Waals surface area contributed by atoms with E-state index >= 15 is 0 Å². The van der Waals surface area contributed by atoms with Crippen LogP contribution in [-0.2, 0) is 9.59 Å². The number of nitrogens with one attached hydrogen (secondary N) is 1. The molecule has 3 aromatic rings. The van der Waals surface area contributed by atoms with Crippen LogP contribution in [0.2, 0.25) is 0 Å². The number of para-hydroxylation sites is 2. The molecule has 4 rings (SSSR count). The van der Waals surface area contributed by atoms with Crippen LogP contribution < -0.4 is 15.0 Å². The molecule has 9 heteroatoms. The number of carbonyl (C=O) groups excluding carboxylic acids is 2. The van der Waals surface area contributed by atoms with Crippen LogP contribution in [0.5, 0.6) is 5.75 Å². The number of methoxy groups -OCH3 is 1. The molecule has 1 aliphatic heterocycles. The van der Waals surface area contributed by atoms with Crippen LogP contribution in [-0.4, -0.2) is 30.5 Å². The molecule has 2 aromatic carbocycles. The van der Waals surface area contributed by atoms with Crippen molar-refractivity contribution in [3.8, 4) is 17.0 Å². The topological polar surface area (TPSA) is 71.5 Å². The Morgan fingerprint density at radius 3 is 2.87 bits per heavy atom. The Morgan fingerprint density at radius 2 is 2.07 bits per heavy atom. The zero-order chi connectivity index (χ0) is 21.3. The van der Waals surface area contributed by atoms with E-state index in [0.717, 1.165) is 29.5 Å². The fourth-order valence-electron chi connectivity index (χ4n) is 3.32. The number of hydrogen-bond donors (Lipinski definition) is 1. The molecule has 0 saturated carbocycles. The largest absolute Gasteiger partial charge is 0.495 e. The van der Waals surface area contributed by atoms with Gasteiger partial charge >= 0.3 is 0 Å². The van der Waals surface area contributed by atoms with Crippen LogP contribution in [0, 0.1) is 17.6 Å². The van der Waals surface area contributed by atoms with E-state index in [1.165, 1.54) is 17.4 Å². The number of thiazole rings is 1. The monoisotopic (exact) mass is 429 g/mol. The molecule has 30 heavy (non-hydrogen) atoms. The minimum atomic E-state index is -0.603. The number of amides is 2. The number of carbonyl (C=O) groups is 2. The quantitative estimate of drug-likeness (QED) is 0.663. The molecule has 6 nitrogen and oxygen atoms in total. The molecule has 1 N–H and O–H groups in total. The highest BCUT2D eigenvalue weighted by Gasteiger charge is 2.36. The van der Waals surface area contributed by atoms with E-state index < -0.39 is 17.6 Å². The lowest BCUT2D eigenvalue weighted by atomic mass is 10.1. The van der Waals surface area contributed by atoms with Crippen LogP contribution in [0.3, 0.4) is 0 Å². The predicted molar refractivity (Wildman–Crippen MR) is 110 cm³/mol. The number of rotatable bonds is 5. The minimum Gasteiger partial charge on any atom is -0.495 e. The lowest BCUT2D eigenvalue weighted by Crippen LogP contribution is -2.28. The van der Waals surface area contributed by atoms with Gasteiger partial charge in [-0.3, -0.25) is 9.59 Å². The average molecular weight is 429 g/mol. The van der Waals surface area contributed by atoms with Gasteiger partial charge in [0.05, 0.1) is 24.4 Å². The Balaban J connectivity index is 1.47. The lowest BCUT2D eigenvalue weighted by molar-refractivity contribution is -0.122. The van der Waals surface area contributed by atoms with E-state index in [1.54, 1.807) is 24.3 Å². The highest BCUT2D eigenvalue weighted by atomic mass is 32.1. The first-order valence-electron chi connectivity index (χ1n) is 9.11. The fraction of sp³-hybridized carbons (Fsp3) is 0.190. The maximum Gasteiger partial charge on any atom is 0.231 e. The maximum atomic E-state index is 13.9. The molecule has 1 fully saturated rings. The van der Waals surface area contributed by atoms with Gasteiger partial charge in [0.2, 0.25) is 11.8 Å². The van der Waals surface area contributed by atoms with E-state index in [0.29, 0.717) is 11.4 Å². The number of anilines is 2. The van der Waals surface area contributed by atoms with Gasteiger partial charge in [0.15, 0.2) is 5.13 Å². The highest BCUT2D eigenvalue weighted by Crippen LogP contribution is 2.33. The summed E-state index contributed by atoms with van der Waals surface area (Å²) >= 11 is 1.10. The zero-order valence-electron chi connectivity index (χ0n) is 15.9. The molecular formula is C21H17F2N3O3S. The van der Waals surface area contributed by atoms with E-state index in [2.05, 4.69) is 10.3 Å². The third-order valence-corrected chi connectivity index (χ3v) is 5.57. The van der Waals surface area contributed by atoms with Crippen molar-refractivity contribution in [1.29, 1.82) is 0 Å². The van der Waals surface area contributed by atoms with Gasteiger partial charge in [-0.25, -0.2) is 13.8 Å². The molecule has 0 radical (unpaired) electrons. The second kappa shape index (κ2) is 8.19. The standard InChI is InChI=1S/C21H17F2N3O3S/c1-29-18-5-3-2-4-17(18)26-10-12(8-19(26)27)20(28)25-21-24-16(11-30-21)14-9-13(22)6-7-15(14)23/h2-7,9,11-12H,8,10H2,1H3,(H,24,25,28). The average Bonchev–Trinajstić information content (AvgIpc) is 3.36. The molecule has 1 unspecified atom stereocenters. The Hall–Kier alpha value is -3.33. The predicted octanol–water partition coefficient (Wildman–Crippen LogP) is 4.09. The third-order valence-electron chi connectivity index (χ3n) is 4.81.